The van der Waals surface area contributed by atoms with Crippen molar-refractivity contribution in [3.05, 3.63) is 71.3 Å². The number of furan rings is 1. The third-order valence-electron chi connectivity index (χ3n) is 4.32. The standard InChI is InChI=1S/C20H17N3O3S/c1-12-5-7-14(26-12)11-22-18(24)13-6-8-16-17(10-13)27-19-15(4-3-9-21-19)20(25)23(16)2/h3-10H,11H2,1-2H3,(H,22,24). The van der Waals surface area contributed by atoms with E-state index in [-0.39, 0.29) is 11.8 Å². The van der Waals surface area contributed by atoms with Gasteiger partial charge in [-0.2, -0.15) is 0 Å². The summed E-state index contributed by atoms with van der Waals surface area (Å²) in [4.78, 5) is 31.9. The Kier molecular flexibility index (Phi) is 4.45. The van der Waals surface area contributed by atoms with Crippen LogP contribution >= 0.6 is 11.8 Å². The van der Waals surface area contributed by atoms with Crippen LogP contribution < -0.4 is 10.2 Å². The molecule has 2 aromatic heterocycles. The normalized spacial score (nSPS) is 13.0. The highest BCUT2D eigenvalue weighted by atomic mass is 32.2. The summed E-state index contributed by atoms with van der Waals surface area (Å²) in [6.45, 7) is 2.18. The zero-order chi connectivity index (χ0) is 19.0. The van der Waals surface area contributed by atoms with E-state index < -0.39 is 0 Å². The quantitative estimate of drug-likeness (QED) is 0.752. The highest BCUT2D eigenvalue weighted by Gasteiger charge is 2.26. The first-order valence-corrected chi connectivity index (χ1v) is 9.23. The third-order valence-corrected chi connectivity index (χ3v) is 5.38. The maximum Gasteiger partial charge on any atom is 0.260 e. The molecule has 0 saturated heterocycles. The van der Waals surface area contributed by atoms with Gasteiger partial charge in [0.05, 0.1) is 17.8 Å². The van der Waals surface area contributed by atoms with E-state index in [4.69, 9.17) is 4.42 Å². The molecule has 1 aliphatic heterocycles. The topological polar surface area (TPSA) is 75.4 Å². The van der Waals surface area contributed by atoms with E-state index in [1.807, 2.05) is 19.1 Å². The number of nitrogens with one attached hydrogen (secondary N) is 1. The maximum atomic E-state index is 12.7. The first kappa shape index (κ1) is 17.4. The van der Waals surface area contributed by atoms with Crippen molar-refractivity contribution < 1.29 is 14.0 Å². The fraction of sp³-hybridized carbons (Fsp3) is 0.150. The number of amides is 2. The second-order valence-electron chi connectivity index (χ2n) is 6.20. The summed E-state index contributed by atoms with van der Waals surface area (Å²) in [6.07, 6.45) is 1.66. The van der Waals surface area contributed by atoms with Crippen molar-refractivity contribution in [2.75, 3.05) is 11.9 Å². The third kappa shape index (κ3) is 3.33. The highest BCUT2D eigenvalue weighted by Crippen LogP contribution is 2.40. The Labute approximate surface area is 160 Å². The smallest absolute Gasteiger partial charge is 0.260 e. The Morgan fingerprint density at radius 1 is 1.26 bits per heavy atom. The van der Waals surface area contributed by atoms with Crippen molar-refractivity contribution in [1.82, 2.24) is 10.3 Å². The van der Waals surface area contributed by atoms with Gasteiger partial charge in [-0.05, 0) is 49.4 Å². The monoisotopic (exact) mass is 379 g/mol. The van der Waals surface area contributed by atoms with E-state index in [1.165, 1.54) is 11.8 Å². The van der Waals surface area contributed by atoms with Crippen LogP contribution in [0.4, 0.5) is 5.69 Å². The van der Waals surface area contributed by atoms with Crippen LogP contribution in [-0.2, 0) is 6.54 Å². The van der Waals surface area contributed by atoms with Gasteiger partial charge in [-0.15, -0.1) is 0 Å². The van der Waals surface area contributed by atoms with Crippen molar-refractivity contribution in [3.8, 4) is 0 Å². The van der Waals surface area contributed by atoms with Crippen molar-refractivity contribution >= 4 is 29.3 Å². The lowest BCUT2D eigenvalue weighted by Crippen LogP contribution is -2.26. The summed E-state index contributed by atoms with van der Waals surface area (Å²) in [6, 6.07) is 12.5. The Balaban J connectivity index is 1.61. The van der Waals surface area contributed by atoms with Crippen LogP contribution in [0.3, 0.4) is 0 Å². The van der Waals surface area contributed by atoms with Crippen LogP contribution in [0, 0.1) is 6.92 Å². The Morgan fingerprint density at radius 2 is 2.11 bits per heavy atom. The highest BCUT2D eigenvalue weighted by molar-refractivity contribution is 7.99. The zero-order valence-corrected chi connectivity index (χ0v) is 15.7. The second kappa shape index (κ2) is 6.92. The molecule has 0 radical (unpaired) electrons. The molecule has 27 heavy (non-hydrogen) atoms. The van der Waals surface area contributed by atoms with Gasteiger partial charge in [0.15, 0.2) is 0 Å². The molecule has 3 heterocycles. The number of pyridine rings is 1. The van der Waals surface area contributed by atoms with Crippen LogP contribution in [-0.4, -0.2) is 23.8 Å². The minimum absolute atomic E-state index is 0.116. The van der Waals surface area contributed by atoms with Gasteiger partial charge in [-0.3, -0.25) is 9.59 Å². The number of carbonyl (C=O) groups excluding carboxylic acids is 2. The van der Waals surface area contributed by atoms with E-state index in [0.29, 0.717) is 28.5 Å². The average molecular weight is 379 g/mol. The number of carbonyl (C=O) groups is 2. The average Bonchev–Trinajstić information content (AvgIpc) is 3.06. The molecule has 0 fully saturated rings. The molecular formula is C20H17N3O3S. The van der Waals surface area contributed by atoms with Crippen molar-refractivity contribution in [2.24, 2.45) is 0 Å². The molecule has 0 saturated carbocycles. The number of benzene rings is 1. The molecule has 136 valence electrons. The minimum atomic E-state index is -0.202. The summed E-state index contributed by atoms with van der Waals surface area (Å²) in [5.41, 5.74) is 1.83. The first-order valence-electron chi connectivity index (χ1n) is 8.41. The van der Waals surface area contributed by atoms with E-state index in [2.05, 4.69) is 10.3 Å². The molecule has 1 aliphatic rings. The second-order valence-corrected chi connectivity index (χ2v) is 7.23. The lowest BCUT2D eigenvalue weighted by atomic mass is 10.1. The molecule has 0 aliphatic carbocycles. The van der Waals surface area contributed by atoms with Gasteiger partial charge < -0.3 is 14.6 Å². The molecule has 7 heteroatoms. The number of anilines is 1. The van der Waals surface area contributed by atoms with Gasteiger partial charge in [-0.25, -0.2) is 4.98 Å². The Morgan fingerprint density at radius 3 is 2.89 bits per heavy atom. The molecule has 2 amide bonds. The Hall–Kier alpha value is -3.06. The molecule has 1 N–H and O–H groups in total. The number of fused-ring (bicyclic) bond motifs is 2. The van der Waals surface area contributed by atoms with E-state index in [0.717, 1.165) is 16.3 Å². The Bertz CT molecular complexity index is 1040. The zero-order valence-electron chi connectivity index (χ0n) is 14.9. The SMILES string of the molecule is Cc1ccc(CNC(=O)c2ccc3c(c2)Sc2ncccc2C(=O)N3C)o1. The molecule has 0 bridgehead atoms. The summed E-state index contributed by atoms with van der Waals surface area (Å²) < 4.78 is 5.47. The van der Waals surface area contributed by atoms with Crippen LogP contribution in [0.5, 0.6) is 0 Å². The number of nitrogens with zero attached hydrogens (tertiary/aromatic N) is 2. The summed E-state index contributed by atoms with van der Waals surface area (Å²) >= 11 is 1.39. The molecule has 0 unspecified atom stereocenters. The first-order chi connectivity index (χ1) is 13.0. The van der Waals surface area contributed by atoms with E-state index >= 15 is 0 Å². The van der Waals surface area contributed by atoms with Gasteiger partial charge >= 0.3 is 0 Å². The van der Waals surface area contributed by atoms with Gasteiger partial charge in [0, 0.05) is 23.7 Å². The summed E-state index contributed by atoms with van der Waals surface area (Å²) in [7, 11) is 1.73. The van der Waals surface area contributed by atoms with Crippen molar-refractivity contribution in [1.29, 1.82) is 0 Å². The number of rotatable bonds is 3. The molecular weight excluding hydrogens is 362 g/mol. The summed E-state index contributed by atoms with van der Waals surface area (Å²) in [5.74, 6) is 1.19. The molecule has 4 rings (SSSR count). The minimum Gasteiger partial charge on any atom is -0.465 e. The predicted octanol–water partition coefficient (Wildman–Crippen LogP) is 3.65. The molecule has 0 spiro atoms. The lowest BCUT2D eigenvalue weighted by molar-refractivity contribution is 0.0947. The largest absolute Gasteiger partial charge is 0.465 e. The number of aromatic nitrogens is 1. The van der Waals surface area contributed by atoms with Crippen LogP contribution in [0.15, 0.2) is 63.0 Å². The number of aryl methyl sites for hydroxylation is 1. The lowest BCUT2D eigenvalue weighted by Gasteiger charge is -2.17. The number of hydrogen-bond acceptors (Lipinski definition) is 5. The van der Waals surface area contributed by atoms with Crippen LogP contribution in [0.25, 0.3) is 0 Å². The van der Waals surface area contributed by atoms with Gasteiger partial charge in [-0.1, -0.05) is 11.8 Å². The van der Waals surface area contributed by atoms with Crippen molar-refractivity contribution in [2.45, 2.75) is 23.4 Å². The molecule has 0 atom stereocenters. The fourth-order valence-corrected chi connectivity index (χ4v) is 3.98. The maximum absolute atomic E-state index is 12.7. The van der Waals surface area contributed by atoms with E-state index in [9.17, 15) is 9.59 Å². The predicted molar refractivity (Wildman–Crippen MR) is 102 cm³/mol. The van der Waals surface area contributed by atoms with Gasteiger partial charge in [0.1, 0.15) is 16.5 Å². The molecule has 3 aromatic rings. The molecule has 6 nitrogen and oxygen atoms in total. The van der Waals surface area contributed by atoms with E-state index in [1.54, 1.807) is 48.5 Å². The van der Waals surface area contributed by atoms with Crippen LogP contribution in [0.2, 0.25) is 0 Å². The van der Waals surface area contributed by atoms with Gasteiger partial charge in [0.25, 0.3) is 11.8 Å². The number of hydrogen-bond donors (Lipinski definition) is 1. The van der Waals surface area contributed by atoms with Crippen LogP contribution in [0.1, 0.15) is 32.2 Å². The summed E-state index contributed by atoms with van der Waals surface area (Å²) in [5, 5.41) is 3.49. The molecule has 1 aromatic carbocycles. The fourth-order valence-electron chi connectivity index (χ4n) is 2.89. The van der Waals surface area contributed by atoms with Crippen molar-refractivity contribution in [3.63, 3.8) is 0 Å². The van der Waals surface area contributed by atoms with Gasteiger partial charge in [0.2, 0.25) is 0 Å².